The molecule has 11 heteroatoms. The van der Waals surface area contributed by atoms with Gasteiger partial charge in [-0.05, 0) is 49.2 Å². The molecule has 0 bridgehead atoms. The average molecular weight is 487 g/mol. The van der Waals surface area contributed by atoms with Gasteiger partial charge in [-0.3, -0.25) is 9.10 Å². The van der Waals surface area contributed by atoms with Crippen molar-refractivity contribution in [3.8, 4) is 11.5 Å². The number of hydrogen-bond donors (Lipinski definition) is 1. The predicted octanol–water partition coefficient (Wildman–Crippen LogP) is 3.90. The first kappa shape index (κ1) is 24.7. The van der Waals surface area contributed by atoms with Crippen molar-refractivity contribution in [2.75, 3.05) is 30.3 Å². The van der Waals surface area contributed by atoms with Gasteiger partial charge in [-0.1, -0.05) is 12.1 Å². The number of nitrogens with zero attached hydrogens (tertiary/aromatic N) is 1. The number of hydrogen-bond acceptors (Lipinski definition) is 5. The first-order valence-electron chi connectivity index (χ1n) is 10.3. The van der Waals surface area contributed by atoms with E-state index in [4.69, 9.17) is 9.47 Å². The summed E-state index contributed by atoms with van der Waals surface area (Å²) in [7, 11) is -3.84. The average Bonchev–Trinajstić information content (AvgIpc) is 2.75. The van der Waals surface area contributed by atoms with E-state index in [1.807, 2.05) is 6.07 Å². The molecule has 1 aliphatic heterocycles. The normalized spacial score (nSPS) is 14.5. The maximum absolute atomic E-state index is 13.0. The second-order valence-electron chi connectivity index (χ2n) is 7.68. The van der Waals surface area contributed by atoms with Gasteiger partial charge in [0, 0.05) is 13.0 Å². The van der Waals surface area contributed by atoms with Crippen LogP contribution < -0.4 is 19.1 Å². The SMILES string of the molecule is C[C@@H](NC(=O)CCCN(c1cccc(C(F)(F)F)c1)S(C)(=O)=O)c1ccc2c(c1)OCCO2. The molecule has 0 spiro atoms. The summed E-state index contributed by atoms with van der Waals surface area (Å²) in [6.07, 6.45) is -3.55. The fourth-order valence-corrected chi connectivity index (χ4v) is 4.39. The molecular weight excluding hydrogens is 461 g/mol. The second kappa shape index (κ2) is 9.90. The zero-order valence-electron chi connectivity index (χ0n) is 18.2. The lowest BCUT2D eigenvalue weighted by Crippen LogP contribution is -2.32. The monoisotopic (exact) mass is 486 g/mol. The van der Waals surface area contributed by atoms with Gasteiger partial charge in [-0.15, -0.1) is 0 Å². The zero-order chi connectivity index (χ0) is 24.2. The first-order valence-corrected chi connectivity index (χ1v) is 12.1. The smallest absolute Gasteiger partial charge is 0.416 e. The van der Waals surface area contributed by atoms with E-state index >= 15 is 0 Å². The van der Waals surface area contributed by atoms with Gasteiger partial charge >= 0.3 is 6.18 Å². The Balaban J connectivity index is 1.60. The number of carbonyl (C=O) groups is 1. The number of rotatable bonds is 8. The minimum atomic E-state index is -4.59. The zero-order valence-corrected chi connectivity index (χ0v) is 19.0. The summed E-state index contributed by atoms with van der Waals surface area (Å²) in [4.78, 5) is 12.4. The van der Waals surface area contributed by atoms with Gasteiger partial charge in [0.2, 0.25) is 15.9 Å². The Morgan fingerprint density at radius 2 is 1.82 bits per heavy atom. The molecular formula is C22H25F3N2O5S. The molecule has 3 rings (SSSR count). The van der Waals surface area contributed by atoms with Crippen LogP contribution in [0.2, 0.25) is 0 Å². The topological polar surface area (TPSA) is 84.9 Å². The molecule has 0 saturated heterocycles. The lowest BCUT2D eigenvalue weighted by Gasteiger charge is -2.23. The van der Waals surface area contributed by atoms with E-state index in [1.54, 1.807) is 19.1 Å². The lowest BCUT2D eigenvalue weighted by molar-refractivity contribution is -0.137. The van der Waals surface area contributed by atoms with E-state index in [1.165, 1.54) is 6.07 Å². The molecule has 1 amide bonds. The summed E-state index contributed by atoms with van der Waals surface area (Å²) in [6, 6.07) is 9.14. The van der Waals surface area contributed by atoms with Crippen LogP contribution in [0.3, 0.4) is 0 Å². The molecule has 1 aliphatic rings. The third-order valence-electron chi connectivity index (χ3n) is 5.07. The van der Waals surface area contributed by atoms with Crippen LogP contribution in [0.25, 0.3) is 0 Å². The van der Waals surface area contributed by atoms with Crippen molar-refractivity contribution >= 4 is 21.6 Å². The maximum atomic E-state index is 13.0. The molecule has 0 saturated carbocycles. The third kappa shape index (κ3) is 6.53. The number of ether oxygens (including phenoxy) is 2. The molecule has 33 heavy (non-hydrogen) atoms. The molecule has 2 aromatic carbocycles. The molecule has 180 valence electrons. The van der Waals surface area contributed by atoms with Crippen LogP contribution in [0.1, 0.15) is 36.9 Å². The van der Waals surface area contributed by atoms with Gasteiger partial charge < -0.3 is 14.8 Å². The van der Waals surface area contributed by atoms with Crippen molar-refractivity contribution in [3.05, 3.63) is 53.6 Å². The molecule has 1 heterocycles. The summed E-state index contributed by atoms with van der Waals surface area (Å²) >= 11 is 0. The molecule has 0 radical (unpaired) electrons. The number of nitrogens with one attached hydrogen (secondary N) is 1. The largest absolute Gasteiger partial charge is 0.486 e. The van der Waals surface area contributed by atoms with E-state index in [0.717, 1.165) is 34.3 Å². The van der Waals surface area contributed by atoms with Crippen LogP contribution >= 0.6 is 0 Å². The van der Waals surface area contributed by atoms with E-state index in [2.05, 4.69) is 5.32 Å². The number of fused-ring (bicyclic) bond motifs is 1. The van der Waals surface area contributed by atoms with Gasteiger partial charge in [0.25, 0.3) is 0 Å². The highest BCUT2D eigenvalue weighted by atomic mass is 32.2. The third-order valence-corrected chi connectivity index (χ3v) is 6.26. The fraction of sp³-hybridized carbons (Fsp3) is 0.409. The van der Waals surface area contributed by atoms with Crippen LogP contribution in [0.4, 0.5) is 18.9 Å². The molecule has 1 atom stereocenters. The maximum Gasteiger partial charge on any atom is 0.416 e. The molecule has 2 aromatic rings. The summed E-state index contributed by atoms with van der Waals surface area (Å²) < 4.78 is 75.2. The van der Waals surface area contributed by atoms with Gasteiger partial charge in [0.15, 0.2) is 11.5 Å². The Morgan fingerprint density at radius 3 is 2.48 bits per heavy atom. The summed E-state index contributed by atoms with van der Waals surface area (Å²) in [6.45, 7) is 2.59. The number of anilines is 1. The fourth-order valence-electron chi connectivity index (χ4n) is 3.43. The highest BCUT2D eigenvalue weighted by Gasteiger charge is 2.31. The predicted molar refractivity (Wildman–Crippen MR) is 117 cm³/mol. The summed E-state index contributed by atoms with van der Waals surface area (Å²) in [5.74, 6) is 0.929. The number of amides is 1. The second-order valence-corrected chi connectivity index (χ2v) is 9.59. The molecule has 0 aliphatic carbocycles. The minimum Gasteiger partial charge on any atom is -0.486 e. The van der Waals surface area contributed by atoms with Crippen molar-refractivity contribution < 1.29 is 35.9 Å². The van der Waals surface area contributed by atoms with E-state index < -0.39 is 21.8 Å². The van der Waals surface area contributed by atoms with Crippen LogP contribution in [0.15, 0.2) is 42.5 Å². The van der Waals surface area contributed by atoms with Crippen molar-refractivity contribution in [3.63, 3.8) is 0 Å². The van der Waals surface area contributed by atoms with Crippen LogP contribution in [-0.4, -0.2) is 40.3 Å². The van der Waals surface area contributed by atoms with Crippen LogP contribution in [0, 0.1) is 0 Å². The van der Waals surface area contributed by atoms with Gasteiger partial charge in [0.05, 0.1) is 23.5 Å². The highest BCUT2D eigenvalue weighted by molar-refractivity contribution is 7.92. The van der Waals surface area contributed by atoms with Crippen molar-refractivity contribution in [2.45, 2.75) is 32.0 Å². The molecule has 1 N–H and O–H groups in total. The summed E-state index contributed by atoms with van der Waals surface area (Å²) in [5.41, 5.74) is -0.230. The van der Waals surface area contributed by atoms with E-state index in [0.29, 0.717) is 24.7 Å². The highest BCUT2D eigenvalue weighted by Crippen LogP contribution is 2.33. The van der Waals surface area contributed by atoms with Crippen molar-refractivity contribution in [2.24, 2.45) is 0 Å². The standard InChI is InChI=1S/C22H25F3N2O5S/c1-15(16-8-9-19-20(13-16)32-12-11-31-19)26-21(28)7-4-10-27(33(2,29)30)18-6-3-5-17(14-18)22(23,24)25/h3,5-6,8-9,13-15H,4,7,10-12H2,1-2H3,(H,26,28)/t15-/m1/s1. The number of carbonyl (C=O) groups excluding carboxylic acids is 1. The van der Waals surface area contributed by atoms with E-state index in [9.17, 15) is 26.4 Å². The Hall–Kier alpha value is -2.95. The Bertz CT molecular complexity index is 1110. The van der Waals surface area contributed by atoms with Gasteiger partial charge in [-0.25, -0.2) is 8.42 Å². The van der Waals surface area contributed by atoms with Crippen molar-refractivity contribution in [1.29, 1.82) is 0 Å². The number of halogens is 3. The quantitative estimate of drug-likeness (QED) is 0.612. The number of alkyl halides is 3. The number of benzene rings is 2. The molecule has 7 nitrogen and oxygen atoms in total. The van der Waals surface area contributed by atoms with Crippen molar-refractivity contribution in [1.82, 2.24) is 5.32 Å². The molecule has 0 aromatic heterocycles. The van der Waals surface area contributed by atoms with E-state index in [-0.39, 0.29) is 37.0 Å². The summed E-state index contributed by atoms with van der Waals surface area (Å²) in [5, 5.41) is 2.83. The van der Waals surface area contributed by atoms with Crippen LogP contribution in [-0.2, 0) is 21.0 Å². The Kier molecular flexibility index (Phi) is 7.41. The first-order chi connectivity index (χ1) is 15.4. The lowest BCUT2D eigenvalue weighted by atomic mass is 10.1. The van der Waals surface area contributed by atoms with Crippen LogP contribution in [0.5, 0.6) is 11.5 Å². The Labute approximate surface area is 190 Å². The number of sulfonamides is 1. The van der Waals surface area contributed by atoms with Gasteiger partial charge in [0.1, 0.15) is 13.2 Å². The molecule has 0 unspecified atom stereocenters. The Morgan fingerprint density at radius 1 is 1.12 bits per heavy atom. The molecule has 0 fully saturated rings. The van der Waals surface area contributed by atoms with Gasteiger partial charge in [-0.2, -0.15) is 13.2 Å². The minimum absolute atomic E-state index is 0.000126.